The summed E-state index contributed by atoms with van der Waals surface area (Å²) in [6.45, 7) is 6.68. The number of hydrogen-bond acceptors (Lipinski definition) is 5. The zero-order valence-electron chi connectivity index (χ0n) is 16.7. The third kappa shape index (κ3) is 3.08. The summed E-state index contributed by atoms with van der Waals surface area (Å²) in [5.74, 6) is -2.41. The van der Waals surface area contributed by atoms with Gasteiger partial charge in [0.05, 0.1) is 24.6 Å². The van der Waals surface area contributed by atoms with Gasteiger partial charge < -0.3 is 24.7 Å². The van der Waals surface area contributed by atoms with E-state index < -0.39 is 24.0 Å². The van der Waals surface area contributed by atoms with Crippen molar-refractivity contribution in [2.24, 2.45) is 11.8 Å². The van der Waals surface area contributed by atoms with E-state index in [0.717, 1.165) is 5.56 Å². The maximum Gasteiger partial charge on any atom is 0.410 e. The molecule has 2 N–H and O–H groups in total. The number of allylic oxidation sites excluding steroid dienone is 1. The number of carbonyl (C=O) groups excluding carboxylic acids is 2. The Balaban J connectivity index is 1.68. The highest BCUT2D eigenvalue weighted by molar-refractivity contribution is 6.06. The van der Waals surface area contributed by atoms with E-state index in [0.29, 0.717) is 37.3 Å². The predicted octanol–water partition coefficient (Wildman–Crippen LogP) is 1.85. The van der Waals surface area contributed by atoms with Crippen LogP contribution in [-0.2, 0) is 20.9 Å². The number of fused-ring (bicyclic) bond motifs is 1. The van der Waals surface area contributed by atoms with Crippen LogP contribution in [0.2, 0.25) is 0 Å². The molecular formula is C22H24N2O6. The third-order valence-corrected chi connectivity index (χ3v) is 6.09. The van der Waals surface area contributed by atoms with E-state index in [1.807, 2.05) is 24.3 Å². The first kappa shape index (κ1) is 20.2. The molecule has 2 saturated heterocycles. The molecule has 4 atom stereocenters. The second-order valence-electron chi connectivity index (χ2n) is 7.90. The molecule has 1 unspecified atom stereocenters. The van der Waals surface area contributed by atoms with Gasteiger partial charge in [-0.05, 0) is 30.0 Å². The Bertz CT molecular complexity index is 935. The number of aliphatic hydroxyl groups excluding tert-OH is 1. The van der Waals surface area contributed by atoms with Crippen LogP contribution in [0.1, 0.15) is 24.5 Å². The van der Waals surface area contributed by atoms with Crippen LogP contribution in [0.3, 0.4) is 0 Å². The molecule has 0 radical (unpaired) electrons. The number of cyclic esters (lactones) is 1. The fraction of sp³-hybridized carbons (Fsp3) is 0.409. The molecule has 3 aliphatic rings. The molecule has 4 rings (SSSR count). The first-order valence-corrected chi connectivity index (χ1v) is 9.95. The number of ether oxygens (including phenoxy) is 1. The van der Waals surface area contributed by atoms with Crippen molar-refractivity contribution in [3.05, 3.63) is 53.7 Å². The summed E-state index contributed by atoms with van der Waals surface area (Å²) in [5.41, 5.74) is 2.16. The van der Waals surface area contributed by atoms with Gasteiger partial charge in [0.1, 0.15) is 12.3 Å². The summed E-state index contributed by atoms with van der Waals surface area (Å²) in [7, 11) is 0. The van der Waals surface area contributed by atoms with Gasteiger partial charge in [-0.1, -0.05) is 30.3 Å². The van der Waals surface area contributed by atoms with E-state index in [1.54, 1.807) is 17.9 Å². The molecule has 158 valence electrons. The normalized spacial score (nSPS) is 26.4. The van der Waals surface area contributed by atoms with Gasteiger partial charge in [-0.3, -0.25) is 4.79 Å². The zero-order valence-corrected chi connectivity index (χ0v) is 16.7. The molecule has 3 aliphatic heterocycles. The second kappa shape index (κ2) is 7.60. The highest BCUT2D eigenvalue weighted by Crippen LogP contribution is 2.51. The van der Waals surface area contributed by atoms with Crippen molar-refractivity contribution in [2.75, 3.05) is 13.2 Å². The minimum atomic E-state index is -1.16. The third-order valence-electron chi connectivity index (χ3n) is 6.09. The number of carboxylic acid groups (broad SMARTS) is 1. The van der Waals surface area contributed by atoms with Crippen LogP contribution in [0.5, 0.6) is 0 Å². The molecule has 2 amide bonds. The molecule has 2 fully saturated rings. The number of amides is 2. The van der Waals surface area contributed by atoms with Crippen LogP contribution in [0.25, 0.3) is 5.57 Å². The van der Waals surface area contributed by atoms with Crippen LogP contribution >= 0.6 is 0 Å². The molecule has 30 heavy (non-hydrogen) atoms. The molecule has 1 aromatic rings. The molecule has 0 aliphatic carbocycles. The van der Waals surface area contributed by atoms with Crippen molar-refractivity contribution in [1.82, 2.24) is 9.80 Å². The number of aliphatic carboxylic acids is 1. The Morgan fingerprint density at radius 2 is 2.03 bits per heavy atom. The number of carbonyl (C=O) groups is 3. The Kier molecular flexibility index (Phi) is 5.11. The van der Waals surface area contributed by atoms with Crippen molar-refractivity contribution in [3.8, 4) is 0 Å². The lowest BCUT2D eigenvalue weighted by molar-refractivity contribution is -0.163. The number of rotatable bonds is 7. The maximum atomic E-state index is 12.6. The van der Waals surface area contributed by atoms with E-state index in [9.17, 15) is 24.6 Å². The van der Waals surface area contributed by atoms with Crippen molar-refractivity contribution in [2.45, 2.75) is 32.0 Å². The number of carboxylic acids is 1. The van der Waals surface area contributed by atoms with Crippen LogP contribution in [0, 0.1) is 11.8 Å². The molecule has 0 spiro atoms. The molecule has 0 bridgehead atoms. The average Bonchev–Trinajstić information content (AvgIpc) is 3.22. The first-order valence-electron chi connectivity index (χ1n) is 9.95. The molecule has 3 heterocycles. The summed E-state index contributed by atoms with van der Waals surface area (Å²) >= 11 is 0. The van der Waals surface area contributed by atoms with Crippen molar-refractivity contribution < 1.29 is 29.3 Å². The fourth-order valence-corrected chi connectivity index (χ4v) is 4.77. The van der Waals surface area contributed by atoms with Gasteiger partial charge in [-0.2, -0.15) is 0 Å². The first-order chi connectivity index (χ1) is 14.3. The maximum absolute atomic E-state index is 12.6. The Hall–Kier alpha value is -3.13. The van der Waals surface area contributed by atoms with E-state index in [2.05, 4.69) is 6.58 Å². The smallest absolute Gasteiger partial charge is 0.410 e. The molecule has 8 heteroatoms. The van der Waals surface area contributed by atoms with E-state index in [1.165, 1.54) is 4.90 Å². The highest BCUT2D eigenvalue weighted by Gasteiger charge is 2.60. The lowest BCUT2D eigenvalue weighted by atomic mass is 9.74. The molecule has 0 aromatic heterocycles. The molecular weight excluding hydrogens is 388 g/mol. The number of nitrogens with zero attached hydrogens (tertiary/aromatic N) is 2. The average molecular weight is 412 g/mol. The van der Waals surface area contributed by atoms with Crippen molar-refractivity contribution in [1.29, 1.82) is 0 Å². The lowest BCUT2D eigenvalue weighted by Crippen LogP contribution is -2.63. The summed E-state index contributed by atoms with van der Waals surface area (Å²) in [6, 6.07) is 6.94. The number of benzene rings is 1. The second-order valence-corrected chi connectivity index (χ2v) is 7.90. The van der Waals surface area contributed by atoms with Gasteiger partial charge in [0.2, 0.25) is 5.91 Å². The van der Waals surface area contributed by atoms with Crippen LogP contribution in [0.15, 0.2) is 42.6 Å². The van der Waals surface area contributed by atoms with Gasteiger partial charge in [0.25, 0.3) is 0 Å². The molecule has 8 nitrogen and oxygen atoms in total. The standard InChI is InChI=1S/C22H24N2O6/c1-3-4-15-17(19(21(27)28)24-18(15)16(12(2)25)20(24)26)14-7-5-13(6-8-14)11-23-9-10-30-22(23)29/h3,5-8,12,15-16,18,25H,1,4,9-11H2,2H3,(H,27,28)/t12-,15?,16-,18-/m1/s1. The SMILES string of the molecule is C=CCC1C(c2ccc(CN3CCOC3=O)cc2)=C(C(=O)O)N2C(=O)[C@H]([C@@H](C)O)[C@@H]12. The van der Waals surface area contributed by atoms with Crippen LogP contribution in [-0.4, -0.2) is 63.3 Å². The van der Waals surface area contributed by atoms with Crippen molar-refractivity contribution >= 4 is 23.5 Å². The van der Waals surface area contributed by atoms with Gasteiger partial charge in [-0.25, -0.2) is 9.59 Å². The van der Waals surface area contributed by atoms with Crippen molar-refractivity contribution in [3.63, 3.8) is 0 Å². The van der Waals surface area contributed by atoms with Crippen LogP contribution < -0.4 is 0 Å². The van der Waals surface area contributed by atoms with Crippen LogP contribution in [0.4, 0.5) is 4.79 Å². The van der Waals surface area contributed by atoms with E-state index in [4.69, 9.17) is 4.74 Å². The van der Waals surface area contributed by atoms with E-state index in [-0.39, 0.29) is 23.6 Å². The topological polar surface area (TPSA) is 107 Å². The zero-order chi connectivity index (χ0) is 21.6. The molecule has 1 aromatic carbocycles. The Labute approximate surface area is 174 Å². The Morgan fingerprint density at radius 1 is 1.33 bits per heavy atom. The summed E-state index contributed by atoms with van der Waals surface area (Å²) < 4.78 is 4.94. The van der Waals surface area contributed by atoms with Gasteiger partial charge in [0, 0.05) is 12.5 Å². The largest absolute Gasteiger partial charge is 0.477 e. The number of β-lactam (4-membered cyclic amide) rings is 1. The Morgan fingerprint density at radius 3 is 2.57 bits per heavy atom. The quantitative estimate of drug-likeness (QED) is 0.523. The molecule has 0 saturated carbocycles. The highest BCUT2D eigenvalue weighted by atomic mass is 16.6. The predicted molar refractivity (Wildman–Crippen MR) is 107 cm³/mol. The number of aliphatic hydroxyl groups is 1. The number of hydrogen-bond donors (Lipinski definition) is 2. The summed E-state index contributed by atoms with van der Waals surface area (Å²) in [4.78, 5) is 39.2. The fourth-order valence-electron chi connectivity index (χ4n) is 4.77. The van der Waals surface area contributed by atoms with Gasteiger partial charge >= 0.3 is 12.1 Å². The summed E-state index contributed by atoms with van der Waals surface area (Å²) in [5, 5.41) is 19.9. The lowest BCUT2D eigenvalue weighted by Gasteiger charge is -2.47. The monoisotopic (exact) mass is 412 g/mol. The minimum absolute atomic E-state index is 0.0235. The summed E-state index contributed by atoms with van der Waals surface area (Å²) in [6.07, 6.45) is 1.00. The van der Waals surface area contributed by atoms with Gasteiger partial charge in [-0.15, -0.1) is 6.58 Å². The minimum Gasteiger partial charge on any atom is -0.477 e. The van der Waals surface area contributed by atoms with Gasteiger partial charge in [0.15, 0.2) is 0 Å². The van der Waals surface area contributed by atoms with E-state index >= 15 is 0 Å².